The maximum absolute atomic E-state index is 14.4. The van der Waals surface area contributed by atoms with E-state index in [-0.39, 0.29) is 23.9 Å². The molecule has 1 aliphatic carbocycles. The summed E-state index contributed by atoms with van der Waals surface area (Å²) in [5.74, 6) is -4.51. The summed E-state index contributed by atoms with van der Waals surface area (Å²) in [6, 6.07) is 8.85. The van der Waals surface area contributed by atoms with Gasteiger partial charge in [-0.3, -0.25) is 9.59 Å². The lowest BCUT2D eigenvalue weighted by atomic mass is 9.71. The maximum Gasteiger partial charge on any atom is 0.418 e. The van der Waals surface area contributed by atoms with Crippen LogP contribution in [0.4, 0.5) is 31.1 Å². The van der Waals surface area contributed by atoms with Gasteiger partial charge in [-0.1, -0.05) is 50.1 Å². The fourth-order valence-electron chi connectivity index (χ4n) is 6.53. The van der Waals surface area contributed by atoms with Gasteiger partial charge in [0.25, 0.3) is 0 Å². The molecule has 2 aromatic heterocycles. The first kappa shape index (κ1) is 35.0. The van der Waals surface area contributed by atoms with Crippen molar-refractivity contribution in [2.75, 3.05) is 13.7 Å². The number of carbonyl (C=O) groups excluding carboxylic acids is 3. The van der Waals surface area contributed by atoms with E-state index >= 15 is 0 Å². The molecule has 3 heterocycles. The Balaban J connectivity index is 1.52. The zero-order valence-corrected chi connectivity index (χ0v) is 26.2. The molecule has 3 atom stereocenters. The average Bonchev–Trinajstić information content (AvgIpc) is 3.45. The molecule has 10 nitrogen and oxygen atoms in total. The molecule has 2 N–H and O–H groups in total. The number of aromatic nitrogens is 3. The molecule has 5 rings (SSSR count). The van der Waals surface area contributed by atoms with Gasteiger partial charge >= 0.3 is 24.4 Å². The minimum Gasteiger partial charge on any atom is -0.468 e. The Hall–Kier alpha value is -4.37. The van der Waals surface area contributed by atoms with Crippen molar-refractivity contribution in [2.24, 2.45) is 23.2 Å². The molecular formula is C32H35F6N5O5. The average molecular weight is 684 g/mol. The van der Waals surface area contributed by atoms with Crippen LogP contribution in [0.5, 0.6) is 0 Å². The van der Waals surface area contributed by atoms with E-state index in [0.29, 0.717) is 24.8 Å². The number of amides is 2. The van der Waals surface area contributed by atoms with Crippen LogP contribution in [0.15, 0.2) is 42.6 Å². The molecule has 2 amide bonds. The number of esters is 1. The van der Waals surface area contributed by atoms with Gasteiger partial charge in [-0.2, -0.15) is 31.4 Å². The Morgan fingerprint density at radius 1 is 1.10 bits per heavy atom. The molecule has 0 spiro atoms. The normalized spacial score (nSPS) is 24.1. The van der Waals surface area contributed by atoms with Gasteiger partial charge in [-0.05, 0) is 42.7 Å². The maximum atomic E-state index is 14.4. The highest BCUT2D eigenvalue weighted by molar-refractivity contribution is 6.03. The van der Waals surface area contributed by atoms with Crippen molar-refractivity contribution >= 4 is 23.6 Å². The minimum atomic E-state index is -5.08. The standard InChI is InChI=1S/C32H35F6N5O5/c1-18-8-10-20(11-9-18)26(41-29(46)48-17-19-6-4-3-5-7-19)24-16-43-25(40-24)12-22(32(36,37)38)23(42-43)14-30(28(45)47-2)13-21(31(33,34)35)15-39-27(30)44/h3-7,12,16,18,20-21,26H,8-11,13-15,17H2,1-2H3,(H,39,44)(H,41,46)/t18?,20?,21-,26+,30?/m1/s1. The third-order valence-electron chi connectivity index (χ3n) is 9.23. The van der Waals surface area contributed by atoms with Crippen molar-refractivity contribution in [1.82, 2.24) is 25.2 Å². The van der Waals surface area contributed by atoms with Crippen LogP contribution in [0.25, 0.3) is 5.65 Å². The Morgan fingerprint density at radius 2 is 1.79 bits per heavy atom. The van der Waals surface area contributed by atoms with E-state index in [9.17, 15) is 40.7 Å². The van der Waals surface area contributed by atoms with Gasteiger partial charge in [-0.25, -0.2) is 14.3 Å². The van der Waals surface area contributed by atoms with Gasteiger partial charge in [0.1, 0.15) is 6.61 Å². The van der Waals surface area contributed by atoms with Gasteiger partial charge in [-0.15, -0.1) is 0 Å². The van der Waals surface area contributed by atoms with Crippen LogP contribution in [0.2, 0.25) is 0 Å². The van der Waals surface area contributed by atoms with E-state index in [4.69, 9.17) is 4.74 Å². The quantitative estimate of drug-likeness (QED) is 0.171. The van der Waals surface area contributed by atoms with Crippen LogP contribution in [-0.4, -0.2) is 52.4 Å². The van der Waals surface area contributed by atoms with Crippen LogP contribution in [-0.2, 0) is 38.3 Å². The summed E-state index contributed by atoms with van der Waals surface area (Å²) in [6.45, 7) is 1.25. The third kappa shape index (κ3) is 7.51. The van der Waals surface area contributed by atoms with Gasteiger partial charge in [0, 0.05) is 13.0 Å². The molecule has 2 aliphatic rings. The number of rotatable bonds is 8. The molecule has 48 heavy (non-hydrogen) atoms. The summed E-state index contributed by atoms with van der Waals surface area (Å²) in [5.41, 5.74) is -4.18. The number of hydrogen-bond donors (Lipinski definition) is 2. The van der Waals surface area contributed by atoms with Gasteiger partial charge in [0.15, 0.2) is 11.1 Å². The first-order chi connectivity index (χ1) is 22.6. The fraction of sp³-hybridized carbons (Fsp3) is 0.531. The van der Waals surface area contributed by atoms with Crippen LogP contribution < -0.4 is 10.6 Å². The Labute approximate surface area is 271 Å². The number of fused-ring (bicyclic) bond motifs is 1. The highest BCUT2D eigenvalue weighted by atomic mass is 19.4. The van der Waals surface area contributed by atoms with Crippen LogP contribution in [0.1, 0.15) is 67.6 Å². The molecule has 0 radical (unpaired) electrons. The number of benzene rings is 1. The monoisotopic (exact) mass is 683 g/mol. The molecule has 2 fully saturated rings. The van der Waals surface area contributed by atoms with E-state index in [1.54, 1.807) is 24.3 Å². The molecule has 3 aromatic rings. The van der Waals surface area contributed by atoms with Crippen molar-refractivity contribution in [3.8, 4) is 0 Å². The highest BCUT2D eigenvalue weighted by Crippen LogP contribution is 2.44. The first-order valence-corrected chi connectivity index (χ1v) is 15.5. The van der Waals surface area contributed by atoms with E-state index in [0.717, 1.165) is 30.0 Å². The minimum absolute atomic E-state index is 0.0170. The molecule has 260 valence electrons. The van der Waals surface area contributed by atoms with E-state index in [1.807, 2.05) is 11.4 Å². The summed E-state index contributed by atoms with van der Waals surface area (Å²) in [5, 5.41) is 8.89. The molecule has 1 unspecified atom stereocenters. The smallest absolute Gasteiger partial charge is 0.418 e. The SMILES string of the molecule is COC(=O)C1(Cc2nn3cc([C@@H](NC(=O)OCc4ccccc4)C4CCC(C)CC4)nc3cc2C(F)(F)F)C[C@@H](C(F)(F)F)CNC1=O. The Morgan fingerprint density at radius 3 is 2.42 bits per heavy atom. The number of alkyl halides is 6. The number of carbonyl (C=O) groups is 3. The number of ether oxygens (including phenoxy) is 2. The summed E-state index contributed by atoms with van der Waals surface area (Å²) >= 11 is 0. The number of halogens is 6. The van der Waals surface area contributed by atoms with Gasteiger partial charge < -0.3 is 20.1 Å². The highest BCUT2D eigenvalue weighted by Gasteiger charge is 2.57. The fourth-order valence-corrected chi connectivity index (χ4v) is 6.53. The number of hydrogen-bond acceptors (Lipinski definition) is 7. The van der Waals surface area contributed by atoms with Crippen LogP contribution in [0.3, 0.4) is 0 Å². The molecule has 16 heteroatoms. The van der Waals surface area contributed by atoms with E-state index in [2.05, 4.69) is 27.1 Å². The summed E-state index contributed by atoms with van der Waals surface area (Å²) < 4.78 is 95.6. The zero-order chi connectivity index (χ0) is 34.9. The second-order valence-corrected chi connectivity index (χ2v) is 12.6. The van der Waals surface area contributed by atoms with Gasteiger partial charge in [0.05, 0.1) is 42.2 Å². The number of nitrogens with one attached hydrogen (secondary N) is 2. The van der Waals surface area contributed by atoms with Crippen molar-refractivity contribution in [2.45, 2.75) is 70.4 Å². The predicted molar refractivity (Wildman–Crippen MR) is 157 cm³/mol. The van der Waals surface area contributed by atoms with E-state index < -0.39 is 78.3 Å². The molecule has 1 saturated carbocycles. The van der Waals surface area contributed by atoms with Crippen molar-refractivity contribution < 1.29 is 50.2 Å². The first-order valence-electron chi connectivity index (χ1n) is 15.5. The Bertz CT molecular complexity index is 1630. The molecular weight excluding hydrogens is 648 g/mol. The number of methoxy groups -OCH3 is 1. The van der Waals surface area contributed by atoms with Crippen LogP contribution >= 0.6 is 0 Å². The molecule has 1 saturated heterocycles. The molecule has 1 aromatic carbocycles. The zero-order valence-electron chi connectivity index (χ0n) is 26.2. The second kappa shape index (κ2) is 13.6. The third-order valence-corrected chi connectivity index (χ3v) is 9.23. The largest absolute Gasteiger partial charge is 0.468 e. The topological polar surface area (TPSA) is 124 Å². The Kier molecular flexibility index (Phi) is 9.92. The second-order valence-electron chi connectivity index (χ2n) is 12.6. The van der Waals surface area contributed by atoms with Crippen molar-refractivity contribution in [3.63, 3.8) is 0 Å². The lowest BCUT2D eigenvalue weighted by molar-refractivity contribution is -0.195. The summed E-state index contributed by atoms with van der Waals surface area (Å²) in [4.78, 5) is 43.2. The number of imidazole rings is 1. The van der Waals surface area contributed by atoms with E-state index in [1.165, 1.54) is 6.20 Å². The molecule has 1 aliphatic heterocycles. The summed E-state index contributed by atoms with van der Waals surface area (Å²) in [7, 11) is 0.835. The predicted octanol–water partition coefficient (Wildman–Crippen LogP) is 5.94. The number of piperidine rings is 1. The van der Waals surface area contributed by atoms with Gasteiger partial charge in [0.2, 0.25) is 5.91 Å². The lowest BCUT2D eigenvalue weighted by Crippen LogP contribution is -2.58. The number of alkyl carbamates (subject to hydrolysis) is 1. The molecule has 0 bridgehead atoms. The number of nitrogens with zero attached hydrogens (tertiary/aromatic N) is 3. The summed E-state index contributed by atoms with van der Waals surface area (Å²) in [6.07, 6.45) is -8.51. The lowest BCUT2D eigenvalue weighted by Gasteiger charge is -2.38. The van der Waals surface area contributed by atoms with Crippen LogP contribution in [0, 0.1) is 23.2 Å². The van der Waals surface area contributed by atoms with Crippen molar-refractivity contribution in [1.29, 1.82) is 0 Å². The van der Waals surface area contributed by atoms with Crippen molar-refractivity contribution in [3.05, 3.63) is 65.1 Å².